The zero-order valence-corrected chi connectivity index (χ0v) is 25.0. The molecule has 41 heavy (non-hydrogen) atoms. The Morgan fingerprint density at radius 2 is 1.80 bits per heavy atom. The zero-order valence-electron chi connectivity index (χ0n) is 24.1. The second kappa shape index (κ2) is 11.4. The monoisotopic (exact) mass is 568 g/mol. The minimum Gasteiger partial charge on any atom is -0.487 e. The molecule has 212 valence electrons. The molecule has 3 aromatic heterocycles. The Morgan fingerprint density at radius 3 is 2.44 bits per heavy atom. The summed E-state index contributed by atoms with van der Waals surface area (Å²) in [6.07, 6.45) is 5.85. The maximum Gasteiger partial charge on any atom is 0.309 e. The van der Waals surface area contributed by atoms with Crippen molar-refractivity contribution in [3.8, 4) is 16.9 Å². The molecule has 0 aliphatic heterocycles. The first-order valence-corrected chi connectivity index (χ1v) is 14.5. The van der Waals surface area contributed by atoms with Crippen LogP contribution in [0.5, 0.6) is 5.75 Å². The van der Waals surface area contributed by atoms with Crippen molar-refractivity contribution >= 4 is 28.6 Å². The Bertz CT molecular complexity index is 1630. The smallest absolute Gasteiger partial charge is 0.309 e. The number of pyridine rings is 1. The number of nitrogens with zero attached hydrogens (tertiary/aromatic N) is 3. The number of nitrogens with one attached hydrogen (secondary N) is 1. The molecule has 0 fully saturated rings. The van der Waals surface area contributed by atoms with E-state index in [0.717, 1.165) is 49.6 Å². The summed E-state index contributed by atoms with van der Waals surface area (Å²) in [5.74, 6) is -0.0607. The topological polar surface area (TPSA) is 93.0 Å². The maximum atomic E-state index is 12.3. The van der Waals surface area contributed by atoms with Crippen LogP contribution in [-0.2, 0) is 24.4 Å². The van der Waals surface area contributed by atoms with Gasteiger partial charge in [-0.15, -0.1) is 11.8 Å². The summed E-state index contributed by atoms with van der Waals surface area (Å²) < 4.78 is 8.35. The molecule has 0 aliphatic rings. The number of rotatable bonds is 10. The van der Waals surface area contributed by atoms with Gasteiger partial charge in [0.1, 0.15) is 12.4 Å². The van der Waals surface area contributed by atoms with Gasteiger partial charge in [0.2, 0.25) is 0 Å². The van der Waals surface area contributed by atoms with Crippen molar-refractivity contribution in [2.75, 3.05) is 0 Å². The maximum absolute atomic E-state index is 12.3. The average molecular weight is 569 g/mol. The zero-order chi connectivity index (χ0) is 29.2. The second-order valence-corrected chi connectivity index (χ2v) is 13.8. The molecule has 8 heteroatoms. The Morgan fingerprint density at radius 1 is 1.02 bits per heavy atom. The van der Waals surface area contributed by atoms with Crippen molar-refractivity contribution in [2.24, 2.45) is 5.41 Å². The van der Waals surface area contributed by atoms with Crippen molar-refractivity contribution in [3.63, 3.8) is 0 Å². The molecule has 5 rings (SSSR count). The molecule has 0 spiro atoms. The number of carboxylic acids is 1. The number of H-pyrrole nitrogens is 1. The van der Waals surface area contributed by atoms with E-state index >= 15 is 0 Å². The van der Waals surface area contributed by atoms with Gasteiger partial charge in [-0.1, -0.05) is 51.1 Å². The third kappa shape index (κ3) is 6.65. The molecule has 2 aromatic carbocycles. The van der Waals surface area contributed by atoms with Gasteiger partial charge in [0.25, 0.3) is 0 Å². The summed E-state index contributed by atoms with van der Waals surface area (Å²) in [6.45, 7) is 11.1. The van der Waals surface area contributed by atoms with E-state index in [1.165, 1.54) is 0 Å². The van der Waals surface area contributed by atoms with Crippen molar-refractivity contribution in [3.05, 3.63) is 96.2 Å². The largest absolute Gasteiger partial charge is 0.487 e. The summed E-state index contributed by atoms with van der Waals surface area (Å²) in [4.78, 5) is 17.8. The van der Waals surface area contributed by atoms with E-state index in [0.29, 0.717) is 19.6 Å². The van der Waals surface area contributed by atoms with Gasteiger partial charge in [-0.2, -0.15) is 5.10 Å². The molecular weight excluding hydrogens is 532 g/mol. The summed E-state index contributed by atoms with van der Waals surface area (Å²) in [5.41, 5.74) is 5.25. The molecule has 0 aliphatic carbocycles. The number of aromatic nitrogens is 4. The summed E-state index contributed by atoms with van der Waals surface area (Å²) >= 11 is 1.77. The van der Waals surface area contributed by atoms with Gasteiger partial charge < -0.3 is 14.4 Å². The van der Waals surface area contributed by atoms with E-state index in [-0.39, 0.29) is 4.75 Å². The van der Waals surface area contributed by atoms with Crippen LogP contribution in [0.2, 0.25) is 0 Å². The van der Waals surface area contributed by atoms with E-state index < -0.39 is 11.4 Å². The van der Waals surface area contributed by atoms with Crippen molar-refractivity contribution in [1.82, 2.24) is 19.7 Å². The summed E-state index contributed by atoms with van der Waals surface area (Å²) in [5, 5.41) is 18.1. The molecule has 0 saturated carbocycles. The fourth-order valence-corrected chi connectivity index (χ4v) is 5.94. The first kappa shape index (κ1) is 28.5. The highest BCUT2D eigenvalue weighted by Crippen LogP contribution is 2.44. The molecule has 7 nitrogen and oxygen atoms in total. The van der Waals surface area contributed by atoms with Gasteiger partial charge in [0.15, 0.2) is 0 Å². The van der Waals surface area contributed by atoms with E-state index in [9.17, 15) is 9.90 Å². The SMILES string of the molecule is CC(C)(C)Sc1c(CC(C)(C)C(=O)O)n(Cc2ccc(-c3cn[nH]c3)cc2)c2ccc(OCc3ccccn3)cc12. The highest BCUT2D eigenvalue weighted by Gasteiger charge is 2.32. The highest BCUT2D eigenvalue weighted by atomic mass is 32.2. The number of thioether (sulfide) groups is 1. The first-order valence-electron chi connectivity index (χ1n) is 13.7. The minimum absolute atomic E-state index is 0.0850. The van der Waals surface area contributed by atoms with E-state index in [4.69, 9.17) is 4.74 Å². The van der Waals surface area contributed by atoms with Gasteiger partial charge in [0, 0.05) is 57.2 Å². The molecule has 0 radical (unpaired) electrons. The van der Waals surface area contributed by atoms with Crippen LogP contribution in [-0.4, -0.2) is 35.6 Å². The van der Waals surface area contributed by atoms with Gasteiger partial charge in [-0.3, -0.25) is 14.9 Å². The van der Waals surface area contributed by atoms with Crippen LogP contribution in [0.25, 0.3) is 22.0 Å². The van der Waals surface area contributed by atoms with Crippen LogP contribution in [0.4, 0.5) is 0 Å². The van der Waals surface area contributed by atoms with E-state index in [1.54, 1.807) is 31.8 Å². The lowest BCUT2D eigenvalue weighted by molar-refractivity contribution is -0.146. The van der Waals surface area contributed by atoms with Crippen molar-refractivity contribution in [2.45, 2.75) is 63.8 Å². The predicted octanol–water partition coefficient (Wildman–Crippen LogP) is 7.60. The van der Waals surface area contributed by atoms with Crippen molar-refractivity contribution in [1.29, 1.82) is 0 Å². The van der Waals surface area contributed by atoms with Crippen LogP contribution in [0.15, 0.2) is 84.1 Å². The average Bonchev–Trinajstić information content (AvgIpc) is 3.56. The van der Waals surface area contributed by atoms with Crippen LogP contribution in [0.3, 0.4) is 0 Å². The van der Waals surface area contributed by atoms with Gasteiger partial charge in [-0.25, -0.2) is 0 Å². The Balaban J connectivity index is 1.60. The standard InChI is InChI=1S/C33H36N4O3S/c1-32(2,3)41-30-27-16-26(40-21-25-8-6-7-15-34-25)13-14-28(27)37(29(30)17-33(4,5)31(38)39)20-22-9-11-23(12-10-22)24-18-35-36-19-24/h6-16,18-19H,17,20-21H2,1-5H3,(H,35,36)(H,38,39). The lowest BCUT2D eigenvalue weighted by Crippen LogP contribution is -2.28. The van der Waals surface area contributed by atoms with Crippen molar-refractivity contribution < 1.29 is 14.6 Å². The number of fused-ring (bicyclic) bond motifs is 1. The number of hydrogen-bond donors (Lipinski definition) is 2. The van der Waals surface area contributed by atoms with E-state index in [1.807, 2.05) is 36.7 Å². The molecule has 5 aromatic rings. The van der Waals surface area contributed by atoms with E-state index in [2.05, 4.69) is 76.9 Å². The van der Waals surface area contributed by atoms with Crippen LogP contribution in [0, 0.1) is 5.41 Å². The molecule has 0 amide bonds. The number of aliphatic carboxylic acids is 1. The Labute approximate surface area is 245 Å². The molecule has 0 unspecified atom stereocenters. The fraction of sp³-hybridized carbons (Fsp3) is 0.303. The van der Waals surface area contributed by atoms with Gasteiger partial charge in [0.05, 0.1) is 17.3 Å². The second-order valence-electron chi connectivity index (χ2n) is 11.9. The normalized spacial score (nSPS) is 12.1. The number of aromatic amines is 1. The first-order chi connectivity index (χ1) is 19.5. The highest BCUT2D eigenvalue weighted by molar-refractivity contribution is 8.00. The Kier molecular flexibility index (Phi) is 7.95. The number of hydrogen-bond acceptors (Lipinski definition) is 5. The summed E-state index contributed by atoms with van der Waals surface area (Å²) in [7, 11) is 0. The number of carboxylic acid groups (broad SMARTS) is 1. The molecule has 0 saturated heterocycles. The third-order valence-electron chi connectivity index (χ3n) is 6.93. The molecule has 0 bridgehead atoms. The number of ether oxygens (including phenoxy) is 1. The molecular formula is C33H36N4O3S. The van der Waals surface area contributed by atoms with Gasteiger partial charge in [-0.05, 0) is 55.3 Å². The number of benzene rings is 2. The van der Waals surface area contributed by atoms with Crippen LogP contribution < -0.4 is 4.74 Å². The van der Waals surface area contributed by atoms with Crippen LogP contribution in [0.1, 0.15) is 51.6 Å². The van der Waals surface area contributed by atoms with Crippen LogP contribution >= 0.6 is 11.8 Å². The minimum atomic E-state index is -0.942. The fourth-order valence-electron chi connectivity index (χ4n) is 4.75. The Hall–Kier alpha value is -4.04. The molecule has 0 atom stereocenters. The molecule has 2 N–H and O–H groups in total. The quantitative estimate of drug-likeness (QED) is 0.169. The number of carbonyl (C=O) groups is 1. The predicted molar refractivity (Wildman–Crippen MR) is 164 cm³/mol. The lowest BCUT2D eigenvalue weighted by Gasteiger charge is -2.24. The third-order valence-corrected chi connectivity index (χ3v) is 8.20. The lowest BCUT2D eigenvalue weighted by atomic mass is 9.88. The van der Waals surface area contributed by atoms with Gasteiger partial charge >= 0.3 is 5.97 Å². The molecule has 3 heterocycles. The summed E-state index contributed by atoms with van der Waals surface area (Å²) in [6, 6.07) is 20.4.